The number of methoxy groups -OCH3 is 1. The Labute approximate surface area is 118 Å². The molecule has 1 aromatic carbocycles. The Morgan fingerprint density at radius 1 is 1.35 bits per heavy atom. The molecule has 0 unspecified atom stereocenters. The number of hydrogen-bond acceptors (Lipinski definition) is 5. The third-order valence-corrected chi connectivity index (χ3v) is 2.85. The van der Waals surface area contributed by atoms with Crippen LogP contribution < -0.4 is 15.8 Å². The van der Waals surface area contributed by atoms with Crippen molar-refractivity contribution in [2.24, 2.45) is 0 Å². The molecule has 0 fully saturated rings. The fourth-order valence-electron chi connectivity index (χ4n) is 1.95. The highest BCUT2D eigenvalue weighted by Crippen LogP contribution is 2.22. The number of nitriles is 1. The average Bonchev–Trinajstić information content (AvgIpc) is 2.44. The summed E-state index contributed by atoms with van der Waals surface area (Å²) in [6.45, 7) is 2.38. The quantitative estimate of drug-likeness (QED) is 0.832. The molecule has 0 spiro atoms. The van der Waals surface area contributed by atoms with Crippen molar-refractivity contribution in [2.75, 3.05) is 18.2 Å². The van der Waals surface area contributed by atoms with Crippen LogP contribution in [0, 0.1) is 18.3 Å². The van der Waals surface area contributed by atoms with Crippen molar-refractivity contribution in [3.05, 3.63) is 47.2 Å². The van der Waals surface area contributed by atoms with E-state index in [0.29, 0.717) is 23.6 Å². The molecule has 5 nitrogen and oxygen atoms in total. The van der Waals surface area contributed by atoms with E-state index >= 15 is 0 Å². The van der Waals surface area contributed by atoms with Crippen LogP contribution in [0.3, 0.4) is 0 Å². The van der Waals surface area contributed by atoms with Gasteiger partial charge in [-0.25, -0.2) is 4.98 Å². The predicted molar refractivity (Wildman–Crippen MR) is 78.4 cm³/mol. The number of hydrogen-bond donors (Lipinski definition) is 2. The molecule has 1 heterocycles. The summed E-state index contributed by atoms with van der Waals surface area (Å²) in [5, 5.41) is 12.1. The largest absolute Gasteiger partial charge is 0.496 e. The lowest BCUT2D eigenvalue weighted by molar-refractivity contribution is 0.410. The first-order valence-corrected chi connectivity index (χ1v) is 6.17. The van der Waals surface area contributed by atoms with Gasteiger partial charge in [-0.05, 0) is 37.3 Å². The van der Waals surface area contributed by atoms with Crippen molar-refractivity contribution in [3.8, 4) is 11.8 Å². The topological polar surface area (TPSA) is 84.0 Å². The average molecular weight is 268 g/mol. The fraction of sp³-hybridized carbons (Fsp3) is 0.200. The van der Waals surface area contributed by atoms with Gasteiger partial charge in [0.25, 0.3) is 0 Å². The Morgan fingerprint density at radius 3 is 2.85 bits per heavy atom. The molecule has 102 valence electrons. The molecule has 0 aliphatic rings. The van der Waals surface area contributed by atoms with Gasteiger partial charge in [-0.2, -0.15) is 5.26 Å². The summed E-state index contributed by atoms with van der Waals surface area (Å²) in [6.07, 6.45) is 0. The van der Waals surface area contributed by atoms with E-state index in [9.17, 15) is 0 Å². The Hall–Kier alpha value is -2.74. The van der Waals surface area contributed by atoms with Gasteiger partial charge < -0.3 is 15.8 Å². The summed E-state index contributed by atoms with van der Waals surface area (Å²) in [5.41, 5.74) is 8.78. The van der Waals surface area contributed by atoms with Crippen LogP contribution in [0.2, 0.25) is 0 Å². The number of nitrogens with one attached hydrogen (secondary N) is 1. The summed E-state index contributed by atoms with van der Waals surface area (Å²) in [4.78, 5) is 4.34. The smallest absolute Gasteiger partial charge is 0.127 e. The Morgan fingerprint density at radius 2 is 2.15 bits per heavy atom. The number of nitrogens with two attached hydrogens (primary N) is 1. The maximum Gasteiger partial charge on any atom is 0.127 e. The lowest BCUT2D eigenvalue weighted by Crippen LogP contribution is -2.05. The Balaban J connectivity index is 2.19. The molecule has 0 saturated heterocycles. The molecular weight excluding hydrogens is 252 g/mol. The highest BCUT2D eigenvalue weighted by atomic mass is 16.5. The molecule has 0 aliphatic heterocycles. The van der Waals surface area contributed by atoms with Crippen molar-refractivity contribution in [1.82, 2.24) is 4.98 Å². The second-order valence-corrected chi connectivity index (χ2v) is 4.42. The van der Waals surface area contributed by atoms with Crippen molar-refractivity contribution in [3.63, 3.8) is 0 Å². The van der Waals surface area contributed by atoms with Crippen molar-refractivity contribution in [2.45, 2.75) is 13.5 Å². The molecule has 3 N–H and O–H groups in total. The summed E-state index contributed by atoms with van der Waals surface area (Å²) in [6, 6.07) is 11.0. The number of nitrogens with zero attached hydrogens (tertiary/aromatic N) is 2. The third kappa shape index (κ3) is 3.18. The standard InChI is InChI=1S/C15H16N4O/c1-10-5-11(8-16)6-15(19-10)18-9-12-7-13(17)3-4-14(12)20-2/h3-7H,9,17H2,1-2H3,(H,18,19). The molecule has 0 bridgehead atoms. The maximum absolute atomic E-state index is 8.95. The third-order valence-electron chi connectivity index (χ3n) is 2.85. The predicted octanol–water partition coefficient (Wildman–Crippen LogP) is 2.46. The Kier molecular flexibility index (Phi) is 4.06. The molecule has 0 radical (unpaired) electrons. The number of nitrogen functional groups attached to an aromatic ring is 1. The number of anilines is 2. The first-order valence-electron chi connectivity index (χ1n) is 6.17. The van der Waals surface area contributed by atoms with Gasteiger partial charge >= 0.3 is 0 Å². The van der Waals surface area contributed by atoms with Crippen molar-refractivity contribution < 1.29 is 4.74 Å². The van der Waals surface area contributed by atoms with E-state index in [4.69, 9.17) is 15.7 Å². The first kappa shape index (κ1) is 13.7. The van der Waals surface area contributed by atoms with Gasteiger partial charge in [0.05, 0.1) is 18.7 Å². The molecule has 0 aliphatic carbocycles. The fourth-order valence-corrected chi connectivity index (χ4v) is 1.95. The summed E-state index contributed by atoms with van der Waals surface area (Å²) >= 11 is 0. The summed E-state index contributed by atoms with van der Waals surface area (Å²) < 4.78 is 5.29. The summed E-state index contributed by atoms with van der Waals surface area (Å²) in [7, 11) is 1.62. The minimum atomic E-state index is 0.523. The lowest BCUT2D eigenvalue weighted by atomic mass is 10.1. The van der Waals surface area contributed by atoms with Gasteiger partial charge in [0.15, 0.2) is 0 Å². The minimum Gasteiger partial charge on any atom is -0.496 e. The van der Waals surface area contributed by atoms with Gasteiger partial charge in [0.2, 0.25) is 0 Å². The van der Waals surface area contributed by atoms with Gasteiger partial charge in [-0.15, -0.1) is 0 Å². The molecule has 1 aromatic heterocycles. The molecule has 0 amide bonds. The first-order chi connectivity index (χ1) is 9.62. The molecule has 2 rings (SSSR count). The maximum atomic E-state index is 8.95. The number of benzene rings is 1. The van der Waals surface area contributed by atoms with Gasteiger partial charge in [-0.1, -0.05) is 0 Å². The molecule has 2 aromatic rings. The lowest BCUT2D eigenvalue weighted by Gasteiger charge is -2.11. The molecule has 0 saturated carbocycles. The van der Waals surface area contributed by atoms with Crippen LogP contribution in [0.25, 0.3) is 0 Å². The van der Waals surface area contributed by atoms with Crippen molar-refractivity contribution in [1.29, 1.82) is 5.26 Å². The van der Waals surface area contributed by atoms with Crippen LogP contribution in [-0.4, -0.2) is 12.1 Å². The van der Waals surface area contributed by atoms with E-state index < -0.39 is 0 Å². The number of ether oxygens (including phenoxy) is 1. The van der Waals surface area contributed by atoms with E-state index in [0.717, 1.165) is 17.0 Å². The minimum absolute atomic E-state index is 0.523. The number of aromatic nitrogens is 1. The van der Waals surface area contributed by atoms with E-state index in [2.05, 4.69) is 16.4 Å². The van der Waals surface area contributed by atoms with Gasteiger partial charge in [-0.3, -0.25) is 0 Å². The van der Waals surface area contributed by atoms with E-state index in [-0.39, 0.29) is 0 Å². The zero-order valence-electron chi connectivity index (χ0n) is 11.5. The van der Waals surface area contributed by atoms with Crippen LogP contribution in [-0.2, 0) is 6.54 Å². The number of pyridine rings is 1. The van der Waals surface area contributed by atoms with Crippen LogP contribution >= 0.6 is 0 Å². The second kappa shape index (κ2) is 5.93. The van der Waals surface area contributed by atoms with Crippen LogP contribution in [0.5, 0.6) is 5.75 Å². The van der Waals surface area contributed by atoms with Gasteiger partial charge in [0, 0.05) is 23.5 Å². The second-order valence-electron chi connectivity index (χ2n) is 4.42. The molecular formula is C15H16N4O. The highest BCUT2D eigenvalue weighted by Gasteiger charge is 2.05. The van der Waals surface area contributed by atoms with Crippen molar-refractivity contribution >= 4 is 11.5 Å². The summed E-state index contributed by atoms with van der Waals surface area (Å²) in [5.74, 6) is 1.42. The zero-order valence-corrected chi connectivity index (χ0v) is 11.5. The number of aryl methyl sites for hydroxylation is 1. The van der Waals surface area contributed by atoms with Crippen LogP contribution in [0.4, 0.5) is 11.5 Å². The van der Waals surface area contributed by atoms with Crippen LogP contribution in [0.15, 0.2) is 30.3 Å². The van der Waals surface area contributed by atoms with Crippen LogP contribution in [0.1, 0.15) is 16.8 Å². The normalized spacial score (nSPS) is 9.85. The van der Waals surface area contributed by atoms with E-state index in [1.54, 1.807) is 25.3 Å². The molecule has 5 heteroatoms. The molecule has 20 heavy (non-hydrogen) atoms. The molecule has 0 atom stereocenters. The number of rotatable bonds is 4. The Bertz CT molecular complexity index is 661. The van der Waals surface area contributed by atoms with E-state index in [1.807, 2.05) is 19.1 Å². The monoisotopic (exact) mass is 268 g/mol. The van der Waals surface area contributed by atoms with E-state index in [1.165, 1.54) is 0 Å². The zero-order chi connectivity index (χ0) is 14.5. The van der Waals surface area contributed by atoms with Gasteiger partial charge in [0.1, 0.15) is 11.6 Å². The highest BCUT2D eigenvalue weighted by molar-refractivity contribution is 5.50. The SMILES string of the molecule is COc1ccc(N)cc1CNc1cc(C#N)cc(C)n1.